The number of para-hydroxylation sites is 1. The Hall–Kier alpha value is -2.08. The number of methoxy groups -OCH3 is 1. The Labute approximate surface area is 123 Å². The molecule has 0 saturated heterocycles. The molecule has 1 amide bonds. The van der Waals surface area contributed by atoms with E-state index in [2.05, 4.69) is 5.32 Å². The van der Waals surface area contributed by atoms with Crippen LogP contribution in [0.1, 0.15) is 24.3 Å². The zero-order chi connectivity index (χ0) is 15.2. The summed E-state index contributed by atoms with van der Waals surface area (Å²) in [4.78, 5) is 23.5. The minimum Gasteiger partial charge on any atom is -0.492 e. The number of carboxylic acid groups (broad SMARTS) is 1. The molecule has 1 aromatic rings. The average Bonchev–Trinajstić information content (AvgIpc) is 2.90. The Kier molecular flexibility index (Phi) is 5.16. The molecule has 1 heterocycles. The van der Waals surface area contributed by atoms with Gasteiger partial charge in [-0.05, 0) is 18.9 Å². The van der Waals surface area contributed by atoms with Gasteiger partial charge in [0.1, 0.15) is 24.3 Å². The van der Waals surface area contributed by atoms with Crippen LogP contribution in [0.4, 0.5) is 0 Å². The second-order valence-electron chi connectivity index (χ2n) is 4.94. The molecule has 0 aromatic heterocycles. The summed E-state index contributed by atoms with van der Waals surface area (Å²) in [5.41, 5.74) is 0.802. The van der Waals surface area contributed by atoms with Crippen LogP contribution in [0.2, 0.25) is 0 Å². The summed E-state index contributed by atoms with van der Waals surface area (Å²) in [6.07, 6.45) is 0.912. The summed E-state index contributed by atoms with van der Waals surface area (Å²) in [7, 11) is 1.56. The lowest BCUT2D eigenvalue weighted by Gasteiger charge is -2.17. The zero-order valence-corrected chi connectivity index (χ0v) is 11.9. The van der Waals surface area contributed by atoms with Crippen molar-refractivity contribution in [3.8, 4) is 5.75 Å². The second kappa shape index (κ2) is 7.08. The van der Waals surface area contributed by atoms with Gasteiger partial charge in [0.15, 0.2) is 0 Å². The number of rotatable bonds is 7. The highest BCUT2D eigenvalue weighted by atomic mass is 16.5. The average molecular weight is 293 g/mol. The summed E-state index contributed by atoms with van der Waals surface area (Å²) < 4.78 is 10.3. The van der Waals surface area contributed by atoms with Gasteiger partial charge in [0, 0.05) is 19.3 Å². The van der Waals surface area contributed by atoms with Crippen LogP contribution in [-0.4, -0.2) is 43.3 Å². The van der Waals surface area contributed by atoms with Gasteiger partial charge in [-0.15, -0.1) is 0 Å². The minimum atomic E-state index is -1.04. The van der Waals surface area contributed by atoms with Crippen LogP contribution < -0.4 is 10.1 Å². The van der Waals surface area contributed by atoms with Gasteiger partial charge in [-0.25, -0.2) is 4.79 Å². The molecule has 21 heavy (non-hydrogen) atoms. The molecule has 1 aliphatic heterocycles. The molecule has 1 aromatic carbocycles. The van der Waals surface area contributed by atoms with E-state index in [4.69, 9.17) is 9.47 Å². The number of benzene rings is 1. The number of carboxylic acids is 1. The lowest BCUT2D eigenvalue weighted by Crippen LogP contribution is -2.43. The quantitative estimate of drug-likeness (QED) is 0.737. The number of carbonyl (C=O) groups is 2. The Balaban J connectivity index is 1.98. The smallest absolute Gasteiger partial charge is 0.326 e. The number of hydrogen-bond donors (Lipinski definition) is 2. The maximum Gasteiger partial charge on any atom is 0.326 e. The molecular weight excluding hydrogens is 274 g/mol. The SMILES string of the molecule is COCCCC(NC(=O)C1COc2ccccc21)C(=O)O. The highest BCUT2D eigenvalue weighted by Crippen LogP contribution is 2.33. The van der Waals surface area contributed by atoms with E-state index in [0.29, 0.717) is 25.2 Å². The molecule has 114 valence electrons. The van der Waals surface area contributed by atoms with Crippen LogP contribution in [-0.2, 0) is 14.3 Å². The normalized spacial score (nSPS) is 17.7. The minimum absolute atomic E-state index is 0.246. The number of amides is 1. The Morgan fingerprint density at radius 3 is 2.95 bits per heavy atom. The first kappa shape index (κ1) is 15.3. The molecule has 0 saturated carbocycles. The first-order valence-corrected chi connectivity index (χ1v) is 6.87. The first-order chi connectivity index (χ1) is 10.1. The molecule has 0 spiro atoms. The molecule has 6 heteroatoms. The van der Waals surface area contributed by atoms with Gasteiger partial charge in [0.25, 0.3) is 0 Å². The van der Waals surface area contributed by atoms with Gasteiger partial charge >= 0.3 is 5.97 Å². The summed E-state index contributed by atoms with van der Waals surface area (Å²) in [6, 6.07) is 6.40. The highest BCUT2D eigenvalue weighted by molar-refractivity contribution is 5.89. The van der Waals surface area contributed by atoms with Crippen LogP contribution in [0.3, 0.4) is 0 Å². The predicted molar refractivity (Wildman–Crippen MR) is 75.4 cm³/mol. The van der Waals surface area contributed by atoms with E-state index in [0.717, 1.165) is 5.56 Å². The zero-order valence-electron chi connectivity index (χ0n) is 11.9. The summed E-state index contributed by atoms with van der Waals surface area (Å²) >= 11 is 0. The van der Waals surface area contributed by atoms with Crippen molar-refractivity contribution in [1.29, 1.82) is 0 Å². The number of hydrogen-bond acceptors (Lipinski definition) is 4. The summed E-state index contributed by atoms with van der Waals surface area (Å²) in [5, 5.41) is 11.8. The Morgan fingerprint density at radius 2 is 2.24 bits per heavy atom. The number of ether oxygens (including phenoxy) is 2. The molecule has 6 nitrogen and oxygen atoms in total. The third kappa shape index (κ3) is 3.72. The van der Waals surface area contributed by atoms with Crippen LogP contribution >= 0.6 is 0 Å². The fourth-order valence-corrected chi connectivity index (χ4v) is 2.34. The van der Waals surface area contributed by atoms with Crippen molar-refractivity contribution in [2.45, 2.75) is 24.8 Å². The standard InChI is InChI=1S/C15H19NO5/c1-20-8-4-6-12(15(18)19)16-14(17)11-9-21-13-7-3-2-5-10(11)13/h2-3,5,7,11-12H,4,6,8-9H2,1H3,(H,16,17)(H,18,19). The maximum absolute atomic E-state index is 12.3. The largest absolute Gasteiger partial charge is 0.492 e. The third-order valence-corrected chi connectivity index (χ3v) is 3.47. The molecule has 1 aliphatic rings. The van der Waals surface area contributed by atoms with Crippen LogP contribution in [0.5, 0.6) is 5.75 Å². The van der Waals surface area contributed by atoms with Gasteiger partial charge in [-0.2, -0.15) is 0 Å². The van der Waals surface area contributed by atoms with Gasteiger partial charge in [-0.1, -0.05) is 18.2 Å². The van der Waals surface area contributed by atoms with E-state index >= 15 is 0 Å². The van der Waals surface area contributed by atoms with E-state index in [1.807, 2.05) is 18.2 Å². The van der Waals surface area contributed by atoms with E-state index in [9.17, 15) is 14.7 Å². The molecule has 0 bridgehead atoms. The van der Waals surface area contributed by atoms with Crippen molar-refractivity contribution in [3.05, 3.63) is 29.8 Å². The van der Waals surface area contributed by atoms with Crippen molar-refractivity contribution in [1.82, 2.24) is 5.32 Å². The molecule has 2 rings (SSSR count). The maximum atomic E-state index is 12.3. The predicted octanol–water partition coefficient (Wildman–Crippen LogP) is 1.16. The Bertz CT molecular complexity index is 517. The number of carbonyl (C=O) groups excluding carboxylic acids is 1. The summed E-state index contributed by atoms with van der Waals surface area (Å²) in [6.45, 7) is 0.713. The van der Waals surface area contributed by atoms with Crippen molar-refractivity contribution in [3.63, 3.8) is 0 Å². The van der Waals surface area contributed by atoms with Gasteiger partial charge in [0.05, 0.1) is 0 Å². The number of aliphatic carboxylic acids is 1. The summed E-state index contributed by atoms with van der Waals surface area (Å²) in [5.74, 6) is -1.12. The van der Waals surface area contributed by atoms with Crippen LogP contribution in [0.15, 0.2) is 24.3 Å². The van der Waals surface area contributed by atoms with Crippen LogP contribution in [0.25, 0.3) is 0 Å². The van der Waals surface area contributed by atoms with Crippen molar-refractivity contribution in [2.24, 2.45) is 0 Å². The topological polar surface area (TPSA) is 84.9 Å². The van der Waals surface area contributed by atoms with Crippen molar-refractivity contribution >= 4 is 11.9 Å². The monoisotopic (exact) mass is 293 g/mol. The van der Waals surface area contributed by atoms with Crippen molar-refractivity contribution < 1.29 is 24.2 Å². The number of fused-ring (bicyclic) bond motifs is 1. The van der Waals surface area contributed by atoms with E-state index in [-0.39, 0.29) is 12.5 Å². The molecule has 0 aliphatic carbocycles. The molecular formula is C15H19NO5. The lowest BCUT2D eigenvalue weighted by molar-refractivity contribution is -0.142. The fraction of sp³-hybridized carbons (Fsp3) is 0.467. The molecule has 2 atom stereocenters. The van der Waals surface area contributed by atoms with Gasteiger partial charge in [0.2, 0.25) is 5.91 Å². The second-order valence-corrected chi connectivity index (χ2v) is 4.94. The fourth-order valence-electron chi connectivity index (χ4n) is 2.34. The molecule has 2 N–H and O–H groups in total. The third-order valence-electron chi connectivity index (χ3n) is 3.47. The Morgan fingerprint density at radius 1 is 1.48 bits per heavy atom. The first-order valence-electron chi connectivity index (χ1n) is 6.87. The van der Waals surface area contributed by atoms with Crippen molar-refractivity contribution in [2.75, 3.05) is 20.3 Å². The highest BCUT2D eigenvalue weighted by Gasteiger charge is 2.32. The van der Waals surface area contributed by atoms with E-state index in [1.54, 1.807) is 13.2 Å². The van der Waals surface area contributed by atoms with Gasteiger partial charge in [-0.3, -0.25) is 4.79 Å². The lowest BCUT2D eigenvalue weighted by atomic mass is 10.00. The molecule has 2 unspecified atom stereocenters. The molecule has 0 fully saturated rings. The number of nitrogens with one attached hydrogen (secondary N) is 1. The van der Waals surface area contributed by atoms with E-state index < -0.39 is 17.9 Å². The van der Waals surface area contributed by atoms with Gasteiger partial charge < -0.3 is 19.9 Å². The van der Waals surface area contributed by atoms with Crippen LogP contribution in [0, 0.1) is 0 Å². The van der Waals surface area contributed by atoms with E-state index in [1.165, 1.54) is 0 Å². The molecule has 0 radical (unpaired) electrons.